The lowest BCUT2D eigenvalue weighted by molar-refractivity contribution is -0.137. The topological polar surface area (TPSA) is 62.7 Å². The number of pyridine rings is 1. The molecule has 1 atom stereocenters. The van der Waals surface area contributed by atoms with Gasteiger partial charge in [-0.1, -0.05) is 30.3 Å². The molecule has 0 aliphatic carbocycles. The summed E-state index contributed by atoms with van der Waals surface area (Å²) < 4.78 is 43.9. The maximum absolute atomic E-state index is 12.7. The summed E-state index contributed by atoms with van der Waals surface area (Å²) in [6, 6.07) is 15.7. The number of halogens is 3. The molecule has 3 aromatic rings. The van der Waals surface area contributed by atoms with E-state index in [1.165, 1.54) is 6.07 Å². The summed E-state index contributed by atoms with van der Waals surface area (Å²) in [6.45, 7) is 1.05. The second kappa shape index (κ2) is 9.62. The summed E-state index contributed by atoms with van der Waals surface area (Å²) in [5.41, 5.74) is 3.60. The molecule has 1 aliphatic rings. The molecule has 4 rings (SSSR count). The third-order valence-corrected chi connectivity index (χ3v) is 5.72. The Bertz CT molecular complexity index is 1120. The predicted octanol–water partition coefficient (Wildman–Crippen LogP) is 4.66. The maximum Gasteiger partial charge on any atom is 0.417 e. The monoisotopic (exact) mass is 456 g/mol. The summed E-state index contributed by atoms with van der Waals surface area (Å²) in [6.07, 6.45) is -2.03. The minimum atomic E-state index is -4.43. The van der Waals surface area contributed by atoms with E-state index in [9.17, 15) is 23.1 Å². The molecule has 2 heterocycles. The Kier molecular flexibility index (Phi) is 6.65. The van der Waals surface area contributed by atoms with Crippen molar-refractivity contribution in [3.8, 4) is 17.0 Å². The molecule has 0 bridgehead atoms. The van der Waals surface area contributed by atoms with Crippen molar-refractivity contribution in [1.29, 1.82) is 0 Å². The largest absolute Gasteiger partial charge is 0.472 e. The Morgan fingerprint density at radius 2 is 1.94 bits per heavy atom. The quantitative estimate of drug-likeness (QED) is 0.524. The Morgan fingerprint density at radius 3 is 2.64 bits per heavy atom. The van der Waals surface area contributed by atoms with Crippen molar-refractivity contribution >= 4 is 12.0 Å². The number of aliphatic hydroxyl groups is 1. The molecule has 1 N–H and O–H groups in total. The number of nitrogens with zero attached hydrogens (tertiary/aromatic N) is 2. The zero-order chi connectivity index (χ0) is 23.4. The highest BCUT2D eigenvalue weighted by molar-refractivity contribution is 5.74. The van der Waals surface area contributed by atoms with E-state index < -0.39 is 11.7 Å². The van der Waals surface area contributed by atoms with Gasteiger partial charge in [0.2, 0.25) is 5.88 Å². The molecular formula is C25H23F3N2O3. The molecule has 1 aromatic heterocycles. The van der Waals surface area contributed by atoms with Crippen molar-refractivity contribution < 1.29 is 27.8 Å². The second-order valence-corrected chi connectivity index (χ2v) is 7.89. The minimum Gasteiger partial charge on any atom is -0.472 e. The number of carbonyl (C=O) groups is 1. The number of hydrogen-bond donors (Lipinski definition) is 1. The third kappa shape index (κ3) is 5.17. The molecule has 1 aliphatic heterocycles. The van der Waals surface area contributed by atoms with Crippen molar-refractivity contribution in [2.75, 3.05) is 18.0 Å². The van der Waals surface area contributed by atoms with Crippen LogP contribution in [0.25, 0.3) is 11.1 Å². The average Bonchev–Trinajstić information content (AvgIpc) is 3.27. The van der Waals surface area contributed by atoms with Crippen LogP contribution in [-0.2, 0) is 24.0 Å². The smallest absolute Gasteiger partial charge is 0.417 e. The summed E-state index contributed by atoms with van der Waals surface area (Å²) in [4.78, 5) is 16.9. The van der Waals surface area contributed by atoms with Gasteiger partial charge in [-0.05, 0) is 34.9 Å². The Morgan fingerprint density at radius 1 is 1.12 bits per heavy atom. The number of anilines is 1. The molecule has 172 valence electrons. The second-order valence-electron chi connectivity index (χ2n) is 7.89. The van der Waals surface area contributed by atoms with Crippen LogP contribution in [0.4, 0.5) is 18.9 Å². The lowest BCUT2D eigenvalue weighted by atomic mass is 9.96. The summed E-state index contributed by atoms with van der Waals surface area (Å²) >= 11 is 0. The number of hydrogen-bond acceptors (Lipinski definition) is 5. The first-order valence-corrected chi connectivity index (χ1v) is 10.6. The van der Waals surface area contributed by atoms with Crippen LogP contribution in [0.1, 0.15) is 23.1 Å². The van der Waals surface area contributed by atoms with Crippen molar-refractivity contribution in [3.05, 3.63) is 77.5 Å². The van der Waals surface area contributed by atoms with Gasteiger partial charge in [-0.3, -0.25) is 0 Å². The number of aromatic nitrogens is 1. The molecule has 0 spiro atoms. The molecule has 5 nitrogen and oxygen atoms in total. The molecule has 1 saturated heterocycles. The highest BCUT2D eigenvalue weighted by Crippen LogP contribution is 2.33. The first-order valence-electron chi connectivity index (χ1n) is 10.6. The lowest BCUT2D eigenvalue weighted by Gasteiger charge is -2.22. The van der Waals surface area contributed by atoms with Gasteiger partial charge in [0.1, 0.15) is 12.4 Å². The molecule has 0 unspecified atom stereocenters. The van der Waals surface area contributed by atoms with Crippen LogP contribution >= 0.6 is 0 Å². The molecule has 2 aromatic carbocycles. The van der Waals surface area contributed by atoms with Crippen LogP contribution in [0.2, 0.25) is 0 Å². The molecular weight excluding hydrogens is 433 g/mol. The number of ether oxygens (including phenoxy) is 1. The van der Waals surface area contributed by atoms with Crippen LogP contribution in [-0.4, -0.2) is 35.6 Å². The number of aldehydes is 1. The number of aliphatic hydroxyl groups excluding tert-OH is 1. The zero-order valence-corrected chi connectivity index (χ0v) is 17.8. The van der Waals surface area contributed by atoms with E-state index >= 15 is 0 Å². The molecule has 1 fully saturated rings. The number of benzene rings is 2. The van der Waals surface area contributed by atoms with E-state index in [1.54, 1.807) is 0 Å². The van der Waals surface area contributed by atoms with Crippen LogP contribution in [0.5, 0.6) is 5.88 Å². The van der Waals surface area contributed by atoms with Crippen LogP contribution in [0.15, 0.2) is 60.8 Å². The van der Waals surface area contributed by atoms with Gasteiger partial charge in [-0.15, -0.1) is 0 Å². The average molecular weight is 456 g/mol. The van der Waals surface area contributed by atoms with Crippen LogP contribution in [0.3, 0.4) is 0 Å². The highest BCUT2D eigenvalue weighted by Gasteiger charge is 2.31. The van der Waals surface area contributed by atoms with E-state index in [-0.39, 0.29) is 18.6 Å². The van der Waals surface area contributed by atoms with Crippen molar-refractivity contribution in [2.45, 2.75) is 31.7 Å². The number of rotatable bonds is 7. The standard InChI is InChI=1S/C25H23F3N2O3/c26-25(27,28)20-6-8-24(29-14-20)33-21-9-11-30(15-21)23-7-5-18(13-19(23)16-32)22-4-2-1-3-17(22)10-12-31/h1-8,12-14,21,32H,9-11,15-16H2/t21-/m0/s1. The fraction of sp³-hybridized carbons (Fsp3) is 0.280. The van der Waals surface area contributed by atoms with Crippen LogP contribution < -0.4 is 9.64 Å². The van der Waals surface area contributed by atoms with Gasteiger partial charge >= 0.3 is 6.18 Å². The fourth-order valence-corrected chi connectivity index (χ4v) is 4.09. The Labute approximate surface area is 189 Å². The van der Waals surface area contributed by atoms with Crippen molar-refractivity contribution in [2.24, 2.45) is 0 Å². The highest BCUT2D eigenvalue weighted by atomic mass is 19.4. The van der Waals surface area contributed by atoms with Crippen molar-refractivity contribution in [1.82, 2.24) is 4.98 Å². The van der Waals surface area contributed by atoms with E-state index in [1.807, 2.05) is 42.5 Å². The number of carbonyl (C=O) groups excluding carboxylic acids is 1. The first kappa shape index (κ1) is 22.8. The zero-order valence-electron chi connectivity index (χ0n) is 17.8. The lowest BCUT2D eigenvalue weighted by Crippen LogP contribution is -2.25. The van der Waals surface area contributed by atoms with Gasteiger partial charge in [0, 0.05) is 42.9 Å². The molecule has 0 radical (unpaired) electrons. The van der Waals surface area contributed by atoms with Crippen LogP contribution in [0, 0.1) is 0 Å². The summed E-state index contributed by atoms with van der Waals surface area (Å²) in [5.74, 6) is 0.152. The van der Waals surface area contributed by atoms with Gasteiger partial charge in [0.15, 0.2) is 0 Å². The summed E-state index contributed by atoms with van der Waals surface area (Å²) in [7, 11) is 0. The molecule has 0 saturated carbocycles. The van der Waals surface area contributed by atoms with Gasteiger partial charge in [-0.2, -0.15) is 13.2 Å². The minimum absolute atomic E-state index is 0.151. The van der Waals surface area contributed by atoms with Crippen molar-refractivity contribution in [3.63, 3.8) is 0 Å². The third-order valence-electron chi connectivity index (χ3n) is 5.72. The fourth-order valence-electron chi connectivity index (χ4n) is 4.09. The normalized spacial score (nSPS) is 16.1. The van der Waals surface area contributed by atoms with Gasteiger partial charge < -0.3 is 19.5 Å². The van der Waals surface area contributed by atoms with E-state index in [0.29, 0.717) is 25.9 Å². The van der Waals surface area contributed by atoms with Gasteiger partial charge in [-0.25, -0.2) is 4.98 Å². The SMILES string of the molecule is O=CCc1ccccc1-c1ccc(N2CC[C@H](Oc3ccc(C(F)(F)F)cn3)C2)c(CO)c1. The Hall–Kier alpha value is -3.39. The first-order chi connectivity index (χ1) is 15.9. The molecule has 33 heavy (non-hydrogen) atoms. The van der Waals surface area contributed by atoms with Gasteiger partial charge in [0.25, 0.3) is 0 Å². The Balaban J connectivity index is 1.48. The van der Waals surface area contributed by atoms with E-state index in [4.69, 9.17) is 4.74 Å². The summed E-state index contributed by atoms with van der Waals surface area (Å²) in [5, 5.41) is 10.00. The maximum atomic E-state index is 12.7. The van der Waals surface area contributed by atoms with Gasteiger partial charge in [0.05, 0.1) is 18.7 Å². The van der Waals surface area contributed by atoms with E-state index in [0.717, 1.165) is 46.5 Å². The van der Waals surface area contributed by atoms with E-state index in [2.05, 4.69) is 9.88 Å². The molecule has 0 amide bonds. The molecule has 8 heteroatoms. The number of alkyl halides is 3. The predicted molar refractivity (Wildman–Crippen MR) is 118 cm³/mol.